The van der Waals surface area contributed by atoms with Gasteiger partial charge in [-0.15, -0.1) is 0 Å². The molecule has 1 aliphatic carbocycles. The van der Waals surface area contributed by atoms with Gasteiger partial charge in [0.05, 0.1) is 28.3 Å². The largest absolute Gasteiger partial charge is 0.333 e. The number of hydrogen-bond donors (Lipinski definition) is 0. The minimum Gasteiger partial charge on any atom is -0.333 e. The maximum atomic E-state index is 5.23. The average molecular weight is 808 g/mol. The zero-order valence-electron chi connectivity index (χ0n) is 34.7. The van der Waals surface area contributed by atoms with Crippen LogP contribution in [0.3, 0.4) is 0 Å². The molecular formula is C58H41N5. The summed E-state index contributed by atoms with van der Waals surface area (Å²) < 4.78 is 5.07. The van der Waals surface area contributed by atoms with Crippen molar-refractivity contribution in [3.05, 3.63) is 218 Å². The molecule has 0 saturated carbocycles. The Morgan fingerprint density at radius 3 is 1.37 bits per heavy atom. The molecule has 0 bridgehead atoms. The summed E-state index contributed by atoms with van der Waals surface area (Å²) >= 11 is 0. The van der Waals surface area contributed by atoms with Gasteiger partial charge in [0.2, 0.25) is 0 Å². The van der Waals surface area contributed by atoms with Crippen molar-refractivity contribution in [3.8, 4) is 62.1 Å². The molecule has 3 aromatic heterocycles. The van der Waals surface area contributed by atoms with Crippen LogP contribution in [0.25, 0.3) is 106 Å². The van der Waals surface area contributed by atoms with E-state index in [0.717, 1.165) is 55.7 Å². The van der Waals surface area contributed by atoms with Gasteiger partial charge in [0.15, 0.2) is 17.5 Å². The number of rotatable bonds is 7. The Kier molecular flexibility index (Phi) is 8.78. The van der Waals surface area contributed by atoms with Gasteiger partial charge in [-0.3, -0.25) is 0 Å². The summed E-state index contributed by atoms with van der Waals surface area (Å²) in [5.41, 5.74) is 13.0. The van der Waals surface area contributed by atoms with Crippen molar-refractivity contribution in [3.63, 3.8) is 0 Å². The maximum absolute atomic E-state index is 5.23. The van der Waals surface area contributed by atoms with E-state index in [-0.39, 0.29) is 6.04 Å². The van der Waals surface area contributed by atoms with E-state index in [2.05, 4.69) is 198 Å². The van der Waals surface area contributed by atoms with Gasteiger partial charge in [0, 0.05) is 54.9 Å². The van der Waals surface area contributed by atoms with E-state index in [4.69, 9.17) is 15.0 Å². The van der Waals surface area contributed by atoms with Gasteiger partial charge in [-0.2, -0.15) is 0 Å². The Balaban J connectivity index is 1.20. The van der Waals surface area contributed by atoms with E-state index < -0.39 is 0 Å². The third-order valence-electron chi connectivity index (χ3n) is 12.6. The summed E-state index contributed by atoms with van der Waals surface area (Å²) in [4.78, 5) is 15.5. The van der Waals surface area contributed by atoms with Crippen molar-refractivity contribution in [2.75, 3.05) is 0 Å². The lowest BCUT2D eigenvalue weighted by Crippen LogP contribution is -2.15. The van der Waals surface area contributed by atoms with Crippen LogP contribution in [-0.2, 0) is 0 Å². The van der Waals surface area contributed by atoms with Crippen LogP contribution < -0.4 is 0 Å². The number of fused-ring (bicyclic) bond motifs is 7. The van der Waals surface area contributed by atoms with Crippen LogP contribution in [0.2, 0.25) is 0 Å². The first-order chi connectivity index (χ1) is 31.2. The molecule has 5 nitrogen and oxygen atoms in total. The molecule has 8 aromatic carbocycles. The number of hydrogen-bond acceptors (Lipinski definition) is 3. The molecule has 0 amide bonds. The summed E-state index contributed by atoms with van der Waals surface area (Å²) in [5, 5.41) is 5.00. The zero-order valence-corrected chi connectivity index (χ0v) is 34.7. The fourth-order valence-corrected chi connectivity index (χ4v) is 9.76. The molecule has 0 N–H and O–H groups in total. The molecular weight excluding hydrogens is 767 g/mol. The first-order valence-electron chi connectivity index (χ1n) is 21.7. The summed E-state index contributed by atoms with van der Waals surface area (Å²) in [6.45, 7) is 2.32. The van der Waals surface area contributed by atoms with Crippen LogP contribution in [0.1, 0.15) is 13.0 Å². The van der Waals surface area contributed by atoms with Gasteiger partial charge in [0.1, 0.15) is 0 Å². The Morgan fingerprint density at radius 2 is 0.810 bits per heavy atom. The van der Waals surface area contributed by atoms with Gasteiger partial charge in [-0.05, 0) is 53.4 Å². The Labute approximate surface area is 365 Å². The maximum Gasteiger partial charge on any atom is 0.164 e. The third kappa shape index (κ3) is 6.12. The molecule has 0 fully saturated rings. The predicted octanol–water partition coefficient (Wildman–Crippen LogP) is 14.7. The van der Waals surface area contributed by atoms with Gasteiger partial charge in [-0.25, -0.2) is 15.0 Å². The number of nitrogens with zero attached hydrogens (tertiary/aromatic N) is 5. The lowest BCUT2D eigenvalue weighted by Gasteiger charge is -2.24. The van der Waals surface area contributed by atoms with E-state index in [1.54, 1.807) is 0 Å². The quantitative estimate of drug-likeness (QED) is 0.161. The average Bonchev–Trinajstić information content (AvgIpc) is 3.87. The zero-order chi connectivity index (χ0) is 41.9. The molecule has 2 atom stereocenters. The third-order valence-corrected chi connectivity index (χ3v) is 12.6. The lowest BCUT2D eigenvalue weighted by atomic mass is 9.92. The molecule has 12 rings (SSSR count). The van der Waals surface area contributed by atoms with E-state index in [1.807, 2.05) is 36.4 Å². The number of aromatic nitrogens is 5. The van der Waals surface area contributed by atoms with Crippen molar-refractivity contribution < 1.29 is 0 Å². The highest BCUT2D eigenvalue weighted by Crippen LogP contribution is 2.47. The highest BCUT2D eigenvalue weighted by molar-refractivity contribution is 6.29. The second kappa shape index (κ2) is 15.1. The van der Waals surface area contributed by atoms with Crippen LogP contribution in [0.5, 0.6) is 0 Å². The van der Waals surface area contributed by atoms with E-state index in [0.29, 0.717) is 23.4 Å². The van der Waals surface area contributed by atoms with Crippen LogP contribution >= 0.6 is 0 Å². The normalized spacial score (nSPS) is 14.9. The fraction of sp³-hybridized carbons (Fsp3) is 0.0517. The second-order valence-corrected chi connectivity index (χ2v) is 16.4. The second-order valence-electron chi connectivity index (χ2n) is 16.4. The van der Waals surface area contributed by atoms with Crippen LogP contribution in [0.15, 0.2) is 218 Å². The highest BCUT2D eigenvalue weighted by atomic mass is 15.0. The first-order valence-corrected chi connectivity index (χ1v) is 21.7. The molecule has 3 heterocycles. The van der Waals surface area contributed by atoms with Gasteiger partial charge >= 0.3 is 0 Å². The lowest BCUT2D eigenvalue weighted by molar-refractivity contribution is 0.510. The van der Waals surface area contributed by atoms with Gasteiger partial charge in [0.25, 0.3) is 0 Å². The topological polar surface area (TPSA) is 48.5 Å². The van der Waals surface area contributed by atoms with E-state index >= 15 is 0 Å². The number of para-hydroxylation sites is 2. The summed E-state index contributed by atoms with van der Waals surface area (Å²) in [7, 11) is 0. The fourth-order valence-electron chi connectivity index (χ4n) is 9.76. The Hall–Kier alpha value is -8.15. The monoisotopic (exact) mass is 807 g/mol. The molecule has 63 heavy (non-hydrogen) atoms. The minimum atomic E-state index is 0.199. The van der Waals surface area contributed by atoms with Crippen molar-refractivity contribution in [1.29, 1.82) is 0 Å². The Bertz CT molecular complexity index is 3450. The van der Waals surface area contributed by atoms with E-state index in [9.17, 15) is 0 Å². The van der Waals surface area contributed by atoms with Crippen LogP contribution in [0.4, 0.5) is 0 Å². The SMILES string of the molecule is CC1C=CC=CC1n1c2ccccc2c2c3c4ccccc4n(-c4c(-c5ccccc5)cc(-c5nc(-c6ccccc6)nc(-c6ccccc6)n5)cc4-c4ccccc4)c3ccc21. The number of benzene rings is 8. The predicted molar refractivity (Wildman–Crippen MR) is 261 cm³/mol. The van der Waals surface area contributed by atoms with E-state index in [1.165, 1.54) is 32.6 Å². The van der Waals surface area contributed by atoms with Crippen LogP contribution in [-0.4, -0.2) is 24.1 Å². The number of allylic oxidation sites excluding steroid dienone is 4. The molecule has 11 aromatic rings. The minimum absolute atomic E-state index is 0.199. The smallest absolute Gasteiger partial charge is 0.164 e. The molecule has 0 spiro atoms. The van der Waals surface area contributed by atoms with Gasteiger partial charge < -0.3 is 9.13 Å². The first kappa shape index (κ1) is 36.7. The van der Waals surface area contributed by atoms with Crippen molar-refractivity contribution in [2.24, 2.45) is 5.92 Å². The molecule has 5 heteroatoms. The van der Waals surface area contributed by atoms with Crippen molar-refractivity contribution in [1.82, 2.24) is 24.1 Å². The highest BCUT2D eigenvalue weighted by Gasteiger charge is 2.27. The molecule has 0 radical (unpaired) electrons. The van der Waals surface area contributed by atoms with Crippen molar-refractivity contribution in [2.45, 2.75) is 13.0 Å². The summed E-state index contributed by atoms with van der Waals surface area (Å²) in [5.74, 6) is 2.22. The molecule has 0 aliphatic heterocycles. The summed E-state index contributed by atoms with van der Waals surface area (Å²) in [6.07, 6.45) is 9.03. The molecule has 1 aliphatic rings. The Morgan fingerprint density at radius 1 is 0.381 bits per heavy atom. The molecule has 2 unspecified atom stereocenters. The standard InChI is InChI=1S/C58H41N5/c1-38-20-14-17-31-48(38)62-49-32-18-15-29-44(49)53-51(62)34-35-52-54(53)45-30-16-19-33-50(45)63(52)55-46(39-21-6-2-7-22-39)36-43(37-47(55)40-23-8-3-9-24-40)58-60-56(41-25-10-4-11-26-41)59-57(61-58)42-27-12-5-13-28-42/h2-38,48H,1H3. The summed E-state index contributed by atoms with van der Waals surface area (Å²) in [6, 6.07) is 69.2. The molecule has 298 valence electrons. The van der Waals surface area contributed by atoms with Gasteiger partial charge in [-0.1, -0.05) is 189 Å². The molecule has 0 saturated heterocycles. The van der Waals surface area contributed by atoms with Crippen molar-refractivity contribution >= 4 is 43.6 Å². The van der Waals surface area contributed by atoms with Crippen LogP contribution in [0, 0.1) is 5.92 Å².